The Labute approximate surface area is 194 Å². The van der Waals surface area contributed by atoms with E-state index in [-0.39, 0.29) is 17.6 Å². The molecule has 1 amide bonds. The Balaban J connectivity index is 1.80. The van der Waals surface area contributed by atoms with Crippen LogP contribution in [0.1, 0.15) is 42.7 Å². The molecule has 1 saturated carbocycles. The number of nitrogens with zero attached hydrogens (tertiary/aromatic N) is 1. The topological polar surface area (TPSA) is 77.1 Å². The first-order valence-corrected chi connectivity index (χ1v) is 11.4. The zero-order valence-corrected chi connectivity index (χ0v) is 19.6. The van der Waals surface area contributed by atoms with Gasteiger partial charge in [-0.3, -0.25) is 14.5 Å². The van der Waals surface area contributed by atoms with Gasteiger partial charge < -0.3 is 19.5 Å². The molecule has 2 aromatic rings. The Morgan fingerprint density at radius 1 is 0.970 bits per heavy atom. The molecule has 5 rings (SSSR count). The Hall–Kier alpha value is -3.06. The molecule has 1 N–H and O–H groups in total. The molecular formula is C26H30N2O5. The van der Waals surface area contributed by atoms with E-state index in [1.807, 2.05) is 43.4 Å². The summed E-state index contributed by atoms with van der Waals surface area (Å²) in [5.41, 5.74) is 0.557. The predicted octanol–water partition coefficient (Wildman–Crippen LogP) is 3.72. The quantitative estimate of drug-likeness (QED) is 0.765. The number of amides is 1. The number of para-hydroxylation sites is 1. The van der Waals surface area contributed by atoms with E-state index in [1.165, 1.54) is 0 Å². The van der Waals surface area contributed by atoms with Crippen molar-refractivity contribution >= 4 is 17.4 Å². The second kappa shape index (κ2) is 7.76. The molecule has 1 aliphatic carbocycles. The number of nitrogens with one attached hydrogen (secondary N) is 1. The van der Waals surface area contributed by atoms with Crippen LogP contribution in [0.2, 0.25) is 0 Å². The summed E-state index contributed by atoms with van der Waals surface area (Å²) in [4.78, 5) is 30.0. The van der Waals surface area contributed by atoms with Crippen molar-refractivity contribution in [2.45, 2.75) is 37.1 Å². The maximum Gasteiger partial charge on any atom is 0.250 e. The highest BCUT2D eigenvalue weighted by molar-refractivity contribution is 6.11. The number of rotatable bonds is 4. The van der Waals surface area contributed by atoms with Gasteiger partial charge in [0.05, 0.1) is 26.7 Å². The van der Waals surface area contributed by atoms with E-state index in [1.54, 1.807) is 21.3 Å². The summed E-state index contributed by atoms with van der Waals surface area (Å²) in [6, 6.07) is 11.5. The highest BCUT2D eigenvalue weighted by atomic mass is 16.5. The van der Waals surface area contributed by atoms with Crippen molar-refractivity contribution in [1.29, 1.82) is 0 Å². The Bertz CT molecular complexity index is 1130. The van der Waals surface area contributed by atoms with Crippen LogP contribution in [0.5, 0.6) is 17.2 Å². The molecule has 2 fully saturated rings. The lowest BCUT2D eigenvalue weighted by Crippen LogP contribution is -2.59. The molecule has 2 aliphatic heterocycles. The number of carbonyl (C=O) groups excluding carboxylic acids is 2. The van der Waals surface area contributed by atoms with E-state index in [0.29, 0.717) is 36.6 Å². The van der Waals surface area contributed by atoms with Gasteiger partial charge in [-0.2, -0.15) is 0 Å². The third-order valence-corrected chi connectivity index (χ3v) is 8.00. The number of hydrogen-bond acceptors (Lipinski definition) is 6. The van der Waals surface area contributed by atoms with Crippen molar-refractivity contribution in [3.63, 3.8) is 0 Å². The van der Waals surface area contributed by atoms with Crippen LogP contribution in [0, 0.1) is 5.41 Å². The second-order valence-electron chi connectivity index (χ2n) is 9.19. The van der Waals surface area contributed by atoms with Crippen molar-refractivity contribution in [3.8, 4) is 17.2 Å². The van der Waals surface area contributed by atoms with Crippen LogP contribution in [0.25, 0.3) is 0 Å². The number of methoxy groups -OCH3 is 3. The number of hydrogen-bond donors (Lipinski definition) is 1. The molecule has 0 radical (unpaired) electrons. The fourth-order valence-electron chi connectivity index (χ4n) is 6.72. The molecule has 3 atom stereocenters. The summed E-state index contributed by atoms with van der Waals surface area (Å²) in [5, 5.41) is 3.09. The number of anilines is 1. The lowest BCUT2D eigenvalue weighted by Gasteiger charge is -2.48. The van der Waals surface area contributed by atoms with Crippen LogP contribution in [-0.4, -0.2) is 51.5 Å². The summed E-state index contributed by atoms with van der Waals surface area (Å²) in [6.45, 7) is 0.541. The summed E-state index contributed by atoms with van der Waals surface area (Å²) in [5.74, 6) is 1.54. The van der Waals surface area contributed by atoms with Gasteiger partial charge in [-0.1, -0.05) is 24.6 Å². The minimum absolute atomic E-state index is 0.122. The van der Waals surface area contributed by atoms with Crippen molar-refractivity contribution in [2.24, 2.45) is 5.41 Å². The lowest BCUT2D eigenvalue weighted by molar-refractivity contribution is -0.148. The molecule has 3 aliphatic rings. The molecule has 0 bridgehead atoms. The van der Waals surface area contributed by atoms with E-state index >= 15 is 0 Å². The van der Waals surface area contributed by atoms with Gasteiger partial charge in [-0.25, -0.2) is 0 Å². The van der Waals surface area contributed by atoms with Crippen LogP contribution in [0.15, 0.2) is 36.4 Å². The number of Topliss-reactive ketones (excluding diaryl/α,β-unsaturated/α-hetero) is 1. The van der Waals surface area contributed by atoms with E-state index in [2.05, 4.69) is 10.2 Å². The zero-order chi connectivity index (χ0) is 23.4. The van der Waals surface area contributed by atoms with E-state index < -0.39 is 11.0 Å². The lowest BCUT2D eigenvalue weighted by atomic mass is 9.54. The summed E-state index contributed by atoms with van der Waals surface area (Å²) in [6.07, 6.45) is 2.85. The summed E-state index contributed by atoms with van der Waals surface area (Å²) < 4.78 is 16.9. The van der Waals surface area contributed by atoms with Crippen LogP contribution in [0.4, 0.5) is 5.69 Å². The second-order valence-corrected chi connectivity index (χ2v) is 9.19. The minimum atomic E-state index is -1.07. The highest BCUT2D eigenvalue weighted by Crippen LogP contribution is 2.66. The molecule has 7 heteroatoms. The van der Waals surface area contributed by atoms with E-state index in [4.69, 9.17) is 14.2 Å². The minimum Gasteiger partial charge on any atom is -0.496 e. The molecule has 33 heavy (non-hydrogen) atoms. The summed E-state index contributed by atoms with van der Waals surface area (Å²) in [7, 11) is 6.75. The van der Waals surface area contributed by atoms with Gasteiger partial charge in [0.1, 0.15) is 17.1 Å². The Morgan fingerprint density at radius 2 is 1.67 bits per heavy atom. The fourth-order valence-corrected chi connectivity index (χ4v) is 6.72. The average molecular weight is 451 g/mol. The molecule has 174 valence electrons. The van der Waals surface area contributed by atoms with Gasteiger partial charge in [-0.05, 0) is 32.0 Å². The SMILES string of the molecule is COc1cc(OC)c([C@@H]2CN(C)[C@]3(C(=O)Nc4ccccc43)[C@]23CCCCC3=O)cc1OC. The van der Waals surface area contributed by atoms with Crippen molar-refractivity contribution < 1.29 is 23.8 Å². The van der Waals surface area contributed by atoms with Crippen LogP contribution >= 0.6 is 0 Å². The third-order valence-electron chi connectivity index (χ3n) is 8.00. The van der Waals surface area contributed by atoms with Crippen molar-refractivity contribution in [2.75, 3.05) is 40.2 Å². The molecular weight excluding hydrogens is 420 g/mol. The van der Waals surface area contributed by atoms with Gasteiger partial charge in [0.2, 0.25) is 0 Å². The number of ether oxygens (including phenoxy) is 3. The van der Waals surface area contributed by atoms with Gasteiger partial charge >= 0.3 is 0 Å². The number of fused-ring (bicyclic) bond motifs is 3. The number of ketones is 1. The molecule has 2 spiro atoms. The molecule has 0 unspecified atom stereocenters. The van der Waals surface area contributed by atoms with E-state index in [9.17, 15) is 9.59 Å². The first kappa shape index (κ1) is 21.8. The largest absolute Gasteiger partial charge is 0.496 e. The first-order valence-electron chi connectivity index (χ1n) is 11.4. The highest BCUT2D eigenvalue weighted by Gasteiger charge is 2.73. The molecule has 1 saturated heterocycles. The van der Waals surface area contributed by atoms with Crippen LogP contribution in [0.3, 0.4) is 0 Å². The van der Waals surface area contributed by atoms with Gasteiger partial charge in [0.25, 0.3) is 5.91 Å². The maximum absolute atomic E-state index is 14.0. The van der Waals surface area contributed by atoms with Crippen LogP contribution < -0.4 is 19.5 Å². The fraction of sp³-hybridized carbons (Fsp3) is 0.462. The number of likely N-dealkylation sites (tertiary alicyclic amines) is 1. The van der Waals surface area contributed by atoms with Crippen molar-refractivity contribution in [1.82, 2.24) is 4.90 Å². The number of carbonyl (C=O) groups is 2. The monoisotopic (exact) mass is 450 g/mol. The summed E-state index contributed by atoms with van der Waals surface area (Å²) >= 11 is 0. The normalized spacial score (nSPS) is 28.8. The molecule has 7 nitrogen and oxygen atoms in total. The molecule has 2 aromatic carbocycles. The number of benzene rings is 2. The first-order chi connectivity index (χ1) is 15.9. The number of likely N-dealkylation sites (N-methyl/N-ethyl adjacent to an activating group) is 1. The zero-order valence-electron chi connectivity index (χ0n) is 19.6. The Kier molecular flexibility index (Phi) is 5.12. The third kappa shape index (κ3) is 2.66. The maximum atomic E-state index is 14.0. The van der Waals surface area contributed by atoms with Crippen LogP contribution in [-0.2, 0) is 15.1 Å². The van der Waals surface area contributed by atoms with Gasteiger partial charge in [-0.15, -0.1) is 0 Å². The van der Waals surface area contributed by atoms with Crippen molar-refractivity contribution in [3.05, 3.63) is 47.5 Å². The Morgan fingerprint density at radius 3 is 2.36 bits per heavy atom. The molecule has 2 heterocycles. The molecule has 0 aromatic heterocycles. The van der Waals surface area contributed by atoms with Gasteiger partial charge in [0.15, 0.2) is 11.5 Å². The predicted molar refractivity (Wildman–Crippen MR) is 124 cm³/mol. The average Bonchev–Trinajstić information content (AvgIpc) is 3.28. The standard InChI is InChI=1S/C26H30N2O5/c1-28-15-18(16-13-21(32-3)22(33-4)14-20(16)31-2)25(12-8-7-11-23(25)29)26(28)17-9-5-6-10-19(17)27-24(26)30/h5-6,9-10,13-14,18H,7-8,11-12,15H2,1-4H3,(H,27,30)/t18-,25+,26+/m0/s1. The smallest absolute Gasteiger partial charge is 0.250 e. The van der Waals surface area contributed by atoms with E-state index in [0.717, 1.165) is 29.7 Å². The van der Waals surface area contributed by atoms with Gasteiger partial charge in [0, 0.05) is 41.8 Å².